The number of carbonyl (C=O) groups is 2. The summed E-state index contributed by atoms with van der Waals surface area (Å²) in [5.41, 5.74) is -0.370. The number of carbonyl (C=O) groups excluding carboxylic acids is 2. The number of anilines is 2. The van der Waals surface area contributed by atoms with Gasteiger partial charge < -0.3 is 19.8 Å². The first-order chi connectivity index (χ1) is 16.2. The average Bonchev–Trinajstić information content (AvgIpc) is 3.48. The topological polar surface area (TPSA) is 106 Å². The number of alkyl halides is 3. The zero-order valence-corrected chi connectivity index (χ0v) is 18.1. The van der Waals surface area contributed by atoms with Crippen molar-refractivity contribution in [2.24, 2.45) is 5.92 Å². The Hall–Kier alpha value is -3.89. The van der Waals surface area contributed by atoms with Crippen LogP contribution in [0.25, 0.3) is 11.5 Å². The number of rotatable bonds is 6. The van der Waals surface area contributed by atoms with Crippen LogP contribution in [0.15, 0.2) is 53.1 Å². The number of amides is 1. The van der Waals surface area contributed by atoms with Crippen molar-refractivity contribution in [3.05, 3.63) is 60.1 Å². The Morgan fingerprint density at radius 2 is 1.88 bits per heavy atom. The fourth-order valence-electron chi connectivity index (χ4n) is 3.82. The highest BCUT2D eigenvalue weighted by atomic mass is 19.4. The average molecular weight is 474 g/mol. The molecule has 0 radical (unpaired) electrons. The molecule has 0 saturated heterocycles. The third kappa shape index (κ3) is 5.19. The van der Waals surface area contributed by atoms with Crippen molar-refractivity contribution >= 4 is 23.4 Å². The van der Waals surface area contributed by atoms with Crippen molar-refractivity contribution in [2.45, 2.75) is 31.5 Å². The maximum absolute atomic E-state index is 13.5. The van der Waals surface area contributed by atoms with E-state index < -0.39 is 23.5 Å². The molecule has 1 saturated carbocycles. The number of methoxy groups -OCH3 is 1. The van der Waals surface area contributed by atoms with Crippen LogP contribution in [0, 0.1) is 5.92 Å². The molecular weight excluding hydrogens is 453 g/mol. The summed E-state index contributed by atoms with van der Waals surface area (Å²) >= 11 is 0. The molecule has 3 aromatic rings. The Balaban J connectivity index is 1.45. The van der Waals surface area contributed by atoms with Gasteiger partial charge in [-0.3, -0.25) is 9.59 Å². The Morgan fingerprint density at radius 3 is 2.53 bits per heavy atom. The van der Waals surface area contributed by atoms with Crippen LogP contribution in [0.4, 0.5) is 24.7 Å². The first-order valence-electron chi connectivity index (χ1n) is 10.5. The number of nitrogens with one attached hydrogen (secondary N) is 2. The maximum atomic E-state index is 13.5. The molecular formula is C23H21F3N4O4. The lowest BCUT2D eigenvalue weighted by molar-refractivity contribution is -0.153. The molecule has 2 N–H and O–H groups in total. The molecule has 178 valence electrons. The van der Waals surface area contributed by atoms with Crippen LogP contribution in [0.5, 0.6) is 0 Å². The lowest BCUT2D eigenvalue weighted by Crippen LogP contribution is -2.20. The van der Waals surface area contributed by atoms with Crippen LogP contribution < -0.4 is 10.6 Å². The molecule has 4 rings (SSSR count). The Bertz CT molecular complexity index is 1160. The molecule has 1 aromatic carbocycles. The van der Waals surface area contributed by atoms with Crippen molar-refractivity contribution in [1.29, 1.82) is 0 Å². The fourth-order valence-corrected chi connectivity index (χ4v) is 3.82. The molecule has 0 aliphatic heterocycles. The summed E-state index contributed by atoms with van der Waals surface area (Å²) in [7, 11) is 1.36. The van der Waals surface area contributed by atoms with Crippen molar-refractivity contribution in [3.63, 3.8) is 0 Å². The summed E-state index contributed by atoms with van der Waals surface area (Å²) in [6.45, 7) is 0. The number of nitrogens with zero attached hydrogens (tertiary/aromatic N) is 2. The first-order valence-corrected chi connectivity index (χ1v) is 10.5. The zero-order valence-electron chi connectivity index (χ0n) is 18.1. The molecule has 1 fully saturated rings. The van der Waals surface area contributed by atoms with Gasteiger partial charge in [-0.25, -0.2) is 9.97 Å². The summed E-state index contributed by atoms with van der Waals surface area (Å²) in [4.78, 5) is 32.2. The number of esters is 1. The zero-order chi connectivity index (χ0) is 24.3. The quantitative estimate of drug-likeness (QED) is 0.496. The monoisotopic (exact) mass is 474 g/mol. The van der Waals surface area contributed by atoms with Crippen molar-refractivity contribution in [3.8, 4) is 11.5 Å². The van der Waals surface area contributed by atoms with Crippen LogP contribution in [0.2, 0.25) is 0 Å². The summed E-state index contributed by atoms with van der Waals surface area (Å²) in [5, 5.41) is 5.58. The third-order valence-corrected chi connectivity index (χ3v) is 5.46. The Labute approximate surface area is 192 Å². The molecule has 1 aliphatic carbocycles. The van der Waals surface area contributed by atoms with E-state index in [9.17, 15) is 22.8 Å². The number of benzene rings is 1. The number of halogens is 3. The predicted octanol–water partition coefficient (Wildman–Crippen LogP) is 4.76. The predicted molar refractivity (Wildman–Crippen MR) is 116 cm³/mol. The van der Waals surface area contributed by atoms with Crippen LogP contribution in [-0.4, -0.2) is 35.0 Å². The first kappa shape index (κ1) is 23.3. The molecule has 0 bridgehead atoms. The second-order valence-corrected chi connectivity index (χ2v) is 7.82. The van der Waals surface area contributed by atoms with Crippen molar-refractivity contribution in [1.82, 2.24) is 9.97 Å². The van der Waals surface area contributed by atoms with Gasteiger partial charge in [0.1, 0.15) is 5.82 Å². The van der Waals surface area contributed by atoms with Crippen molar-refractivity contribution in [2.75, 3.05) is 17.7 Å². The van der Waals surface area contributed by atoms with Gasteiger partial charge in [-0.05, 0) is 43.5 Å². The van der Waals surface area contributed by atoms with Crippen LogP contribution >= 0.6 is 0 Å². The van der Waals surface area contributed by atoms with E-state index in [1.807, 2.05) is 0 Å². The normalized spacial score (nSPS) is 17.9. The molecule has 2 atom stereocenters. The van der Waals surface area contributed by atoms with E-state index in [-0.39, 0.29) is 29.5 Å². The maximum Gasteiger partial charge on any atom is 0.452 e. The van der Waals surface area contributed by atoms with E-state index >= 15 is 0 Å². The number of oxazole rings is 1. The number of pyridine rings is 1. The highest BCUT2D eigenvalue weighted by Gasteiger charge is 2.42. The van der Waals surface area contributed by atoms with E-state index in [2.05, 4.69) is 20.6 Å². The molecule has 11 heteroatoms. The van der Waals surface area contributed by atoms with Gasteiger partial charge in [-0.2, -0.15) is 13.2 Å². The van der Waals surface area contributed by atoms with Gasteiger partial charge in [0.05, 0.1) is 24.9 Å². The second kappa shape index (κ2) is 9.54. The van der Waals surface area contributed by atoms with Gasteiger partial charge in [0, 0.05) is 11.6 Å². The minimum Gasteiger partial charge on any atom is -0.469 e. The Kier molecular flexibility index (Phi) is 6.53. The molecule has 2 heterocycles. The van der Waals surface area contributed by atoms with Gasteiger partial charge in [-0.15, -0.1) is 0 Å². The van der Waals surface area contributed by atoms with Gasteiger partial charge in [0.15, 0.2) is 5.69 Å². The molecule has 2 aromatic heterocycles. The van der Waals surface area contributed by atoms with E-state index in [4.69, 9.17) is 9.15 Å². The number of hydrogen-bond acceptors (Lipinski definition) is 7. The lowest BCUT2D eigenvalue weighted by atomic mass is 10.1. The minimum atomic E-state index is -4.90. The van der Waals surface area contributed by atoms with Gasteiger partial charge in [0.2, 0.25) is 11.7 Å². The summed E-state index contributed by atoms with van der Waals surface area (Å²) in [6, 6.07) is 11.1. The molecule has 1 aliphatic rings. The van der Waals surface area contributed by atoms with Crippen LogP contribution in [0.3, 0.4) is 0 Å². The van der Waals surface area contributed by atoms with E-state index in [0.29, 0.717) is 24.2 Å². The van der Waals surface area contributed by atoms with Crippen LogP contribution in [0.1, 0.15) is 35.5 Å². The smallest absolute Gasteiger partial charge is 0.452 e. The van der Waals surface area contributed by atoms with Gasteiger partial charge in [0.25, 0.3) is 5.91 Å². The minimum absolute atomic E-state index is 0.0397. The number of aromatic nitrogens is 2. The molecule has 1 amide bonds. The summed E-state index contributed by atoms with van der Waals surface area (Å²) in [6.07, 6.45) is -1.48. The van der Waals surface area contributed by atoms with Gasteiger partial charge >= 0.3 is 12.1 Å². The standard InChI is InChI=1S/C23H21F3N4O4/c1-33-22(32)14-7-8-15(11-14)28-17-10-9-16(12-27-17)29-20(31)18-19(23(24,25)26)34-21(30-18)13-5-3-2-4-6-13/h2-6,9-10,12,14-15H,7-8,11H2,1H3,(H,27,28)(H,29,31)/t14-,15?/m0/s1. The Morgan fingerprint density at radius 1 is 1.12 bits per heavy atom. The van der Waals surface area contributed by atoms with Gasteiger partial charge in [-0.1, -0.05) is 18.2 Å². The summed E-state index contributed by atoms with van der Waals surface area (Å²) < 4.78 is 50.0. The van der Waals surface area contributed by atoms with Crippen LogP contribution in [-0.2, 0) is 15.7 Å². The molecule has 8 nitrogen and oxygen atoms in total. The van der Waals surface area contributed by atoms with E-state index in [1.54, 1.807) is 24.3 Å². The fraction of sp³-hybridized carbons (Fsp3) is 0.304. The van der Waals surface area contributed by atoms with E-state index in [1.165, 1.54) is 31.5 Å². The summed E-state index contributed by atoms with van der Waals surface area (Å²) in [5.74, 6) is -2.74. The molecule has 1 unspecified atom stereocenters. The lowest BCUT2D eigenvalue weighted by Gasteiger charge is -2.14. The third-order valence-electron chi connectivity index (χ3n) is 5.46. The second-order valence-electron chi connectivity index (χ2n) is 7.82. The number of hydrogen-bond donors (Lipinski definition) is 2. The highest BCUT2D eigenvalue weighted by Crippen LogP contribution is 2.35. The largest absolute Gasteiger partial charge is 0.469 e. The molecule has 0 spiro atoms. The highest BCUT2D eigenvalue weighted by molar-refractivity contribution is 6.04. The van der Waals surface area contributed by atoms with E-state index in [0.717, 1.165) is 6.42 Å². The van der Waals surface area contributed by atoms with Crippen molar-refractivity contribution < 1.29 is 31.9 Å². The molecule has 34 heavy (non-hydrogen) atoms. The SMILES string of the molecule is COC(=O)[C@H]1CCC(Nc2ccc(NC(=O)c3nc(-c4ccccc4)oc3C(F)(F)F)cn2)C1. The number of ether oxygens (including phenoxy) is 1.